The maximum absolute atomic E-state index is 14.2. The molecule has 4 aromatic rings. The zero-order valence-electron chi connectivity index (χ0n) is 22.7. The van der Waals surface area contributed by atoms with Crippen molar-refractivity contribution in [2.24, 2.45) is 0 Å². The van der Waals surface area contributed by atoms with Crippen LogP contribution in [-0.2, 0) is 13.6 Å². The normalized spacial score (nSPS) is 12.3. The smallest absolute Gasteiger partial charge is 0.491 e. The first-order valence-electron chi connectivity index (χ1n) is 12.7. The Morgan fingerprint density at radius 1 is 0.925 bits per heavy atom. The van der Waals surface area contributed by atoms with Gasteiger partial charge in [0.05, 0.1) is 29.9 Å². The fraction of sp³-hybridized carbons (Fsp3) is 0.310. The maximum atomic E-state index is 14.2. The van der Waals surface area contributed by atoms with Crippen molar-refractivity contribution >= 4 is 35.5 Å². The Kier molecular flexibility index (Phi) is 8.90. The minimum absolute atomic E-state index is 0.000487. The van der Waals surface area contributed by atoms with Gasteiger partial charge in [0.1, 0.15) is 16.9 Å². The van der Waals surface area contributed by atoms with E-state index in [-0.39, 0.29) is 24.3 Å². The number of aryl methyl sites for hydroxylation is 1. The van der Waals surface area contributed by atoms with Gasteiger partial charge < -0.3 is 23.1 Å². The highest BCUT2D eigenvalue weighted by Gasteiger charge is 2.35. The Balaban J connectivity index is 1.93. The second kappa shape index (κ2) is 11.9. The number of benzene rings is 3. The third-order valence-corrected chi connectivity index (χ3v) is 8.57. The van der Waals surface area contributed by atoms with Crippen LogP contribution in [0.25, 0.3) is 27.7 Å². The van der Waals surface area contributed by atoms with Crippen LogP contribution in [0.3, 0.4) is 0 Å². The van der Waals surface area contributed by atoms with Crippen LogP contribution < -0.4 is 14.9 Å². The zero-order valence-corrected chi connectivity index (χ0v) is 24.4. The summed E-state index contributed by atoms with van der Waals surface area (Å²) < 4.78 is 76.1. The summed E-state index contributed by atoms with van der Waals surface area (Å²) in [6, 6.07) is 17.0. The Hall–Kier alpha value is -2.97. The first-order chi connectivity index (χ1) is 18.9. The van der Waals surface area contributed by atoms with E-state index >= 15 is 0 Å². The van der Waals surface area contributed by atoms with Crippen molar-refractivity contribution in [3.63, 3.8) is 0 Å². The SMILES string of the molecule is CCOP(=O)(OCC)c1c(C)c2cc(-c3ccc(Cl)c(OC(F)(F)F)c3)ccc2n1-c1ccc(OC(C)C)cc1. The average molecular weight is 596 g/mol. The highest BCUT2D eigenvalue weighted by Crippen LogP contribution is 2.50. The van der Waals surface area contributed by atoms with E-state index in [9.17, 15) is 17.7 Å². The first-order valence-corrected chi connectivity index (χ1v) is 14.7. The van der Waals surface area contributed by atoms with Crippen molar-refractivity contribution in [1.82, 2.24) is 4.57 Å². The molecule has 0 N–H and O–H groups in total. The van der Waals surface area contributed by atoms with Gasteiger partial charge in [0, 0.05) is 11.1 Å². The van der Waals surface area contributed by atoms with Crippen LogP contribution in [0, 0.1) is 6.92 Å². The zero-order chi connectivity index (χ0) is 29.2. The molecule has 6 nitrogen and oxygen atoms in total. The summed E-state index contributed by atoms with van der Waals surface area (Å²) in [6.07, 6.45) is -4.88. The molecule has 0 aliphatic rings. The summed E-state index contributed by atoms with van der Waals surface area (Å²) in [6.45, 7) is 9.50. The van der Waals surface area contributed by atoms with E-state index in [0.717, 1.165) is 5.39 Å². The topological polar surface area (TPSA) is 58.9 Å². The lowest BCUT2D eigenvalue weighted by Gasteiger charge is -2.21. The van der Waals surface area contributed by atoms with Crippen LogP contribution in [0.4, 0.5) is 13.2 Å². The molecule has 11 heteroatoms. The summed E-state index contributed by atoms with van der Waals surface area (Å²) >= 11 is 5.95. The van der Waals surface area contributed by atoms with Crippen LogP contribution in [0.15, 0.2) is 60.7 Å². The number of fused-ring (bicyclic) bond motifs is 1. The number of halogens is 4. The lowest BCUT2D eigenvalue weighted by atomic mass is 10.0. The van der Waals surface area contributed by atoms with E-state index in [2.05, 4.69) is 4.74 Å². The monoisotopic (exact) mass is 595 g/mol. The van der Waals surface area contributed by atoms with Gasteiger partial charge in [-0.15, -0.1) is 13.2 Å². The largest absolute Gasteiger partial charge is 0.573 e. The summed E-state index contributed by atoms with van der Waals surface area (Å²) in [4.78, 5) is 0. The predicted octanol–water partition coefficient (Wildman–Crippen LogP) is 8.84. The van der Waals surface area contributed by atoms with Crippen LogP contribution in [0.2, 0.25) is 5.02 Å². The van der Waals surface area contributed by atoms with E-state index in [1.165, 1.54) is 12.1 Å². The van der Waals surface area contributed by atoms with Crippen molar-refractivity contribution in [1.29, 1.82) is 0 Å². The highest BCUT2D eigenvalue weighted by atomic mass is 35.5. The van der Waals surface area contributed by atoms with Gasteiger partial charge in [-0.25, -0.2) is 0 Å². The molecule has 0 fully saturated rings. The molecule has 1 heterocycles. The molecule has 0 aliphatic carbocycles. The lowest BCUT2D eigenvalue weighted by molar-refractivity contribution is -0.274. The van der Waals surface area contributed by atoms with E-state index in [4.69, 9.17) is 25.4 Å². The molecule has 0 aliphatic heterocycles. The number of alkyl halides is 3. The Morgan fingerprint density at radius 3 is 2.10 bits per heavy atom. The van der Waals surface area contributed by atoms with Gasteiger partial charge in [-0.3, -0.25) is 4.57 Å². The molecule has 214 valence electrons. The van der Waals surface area contributed by atoms with E-state index in [1.807, 2.05) is 61.7 Å². The van der Waals surface area contributed by atoms with Crippen molar-refractivity contribution in [3.8, 4) is 28.3 Å². The van der Waals surface area contributed by atoms with Crippen LogP contribution >= 0.6 is 19.2 Å². The number of hydrogen-bond donors (Lipinski definition) is 0. The van der Waals surface area contributed by atoms with E-state index in [1.54, 1.807) is 26.0 Å². The number of ether oxygens (including phenoxy) is 2. The molecular weight excluding hydrogens is 566 g/mol. The second-order valence-corrected chi connectivity index (χ2v) is 11.5. The lowest BCUT2D eigenvalue weighted by Crippen LogP contribution is -2.21. The Bertz CT molecular complexity index is 1540. The minimum Gasteiger partial charge on any atom is -0.491 e. The third-order valence-electron chi connectivity index (χ3n) is 6.00. The number of rotatable bonds is 10. The molecule has 0 bridgehead atoms. The van der Waals surface area contributed by atoms with Gasteiger partial charge in [-0.2, -0.15) is 0 Å². The molecule has 0 saturated heterocycles. The molecule has 0 atom stereocenters. The second-order valence-electron chi connectivity index (χ2n) is 9.20. The quantitative estimate of drug-likeness (QED) is 0.171. The number of aromatic nitrogens is 1. The summed E-state index contributed by atoms with van der Waals surface area (Å²) in [5, 5.41) is 0.564. The maximum Gasteiger partial charge on any atom is 0.573 e. The van der Waals surface area contributed by atoms with Crippen molar-refractivity contribution in [2.75, 3.05) is 13.2 Å². The van der Waals surface area contributed by atoms with Gasteiger partial charge in [-0.1, -0.05) is 23.7 Å². The molecule has 4 rings (SSSR count). The van der Waals surface area contributed by atoms with Gasteiger partial charge in [0.2, 0.25) is 0 Å². The number of hydrogen-bond acceptors (Lipinski definition) is 5. The van der Waals surface area contributed by atoms with Gasteiger partial charge in [0.25, 0.3) is 0 Å². The Morgan fingerprint density at radius 2 is 1.52 bits per heavy atom. The fourth-order valence-electron chi connectivity index (χ4n) is 4.53. The first kappa shape index (κ1) is 30.0. The average Bonchev–Trinajstić information content (AvgIpc) is 3.17. The standard InChI is InChI=1S/C29H30ClF3NO5P/c1-6-36-40(35,37-7-2)28-19(5)24-16-20(21-8-14-25(30)27(17-21)39-29(31,32)33)9-15-26(24)34(28)22-10-12-23(13-11-22)38-18(3)4/h8-18H,6-7H2,1-5H3. The van der Waals surface area contributed by atoms with Crippen LogP contribution in [0.5, 0.6) is 11.5 Å². The summed E-state index contributed by atoms with van der Waals surface area (Å²) in [7, 11) is -3.78. The van der Waals surface area contributed by atoms with E-state index in [0.29, 0.717) is 39.1 Å². The molecule has 3 aromatic carbocycles. The molecule has 0 saturated carbocycles. The molecule has 0 radical (unpaired) electrons. The fourth-order valence-corrected chi connectivity index (χ4v) is 6.69. The minimum atomic E-state index is -4.88. The molecule has 0 spiro atoms. The third kappa shape index (κ3) is 6.33. The molecular formula is C29H30ClF3NO5P. The van der Waals surface area contributed by atoms with Crippen LogP contribution in [0.1, 0.15) is 33.3 Å². The van der Waals surface area contributed by atoms with E-state index < -0.39 is 19.7 Å². The van der Waals surface area contributed by atoms with Crippen LogP contribution in [-0.4, -0.2) is 30.2 Å². The van der Waals surface area contributed by atoms with Crippen molar-refractivity contribution in [2.45, 2.75) is 47.1 Å². The van der Waals surface area contributed by atoms with Gasteiger partial charge in [0.15, 0.2) is 0 Å². The summed E-state index contributed by atoms with van der Waals surface area (Å²) in [5.41, 5.74) is 3.54. The van der Waals surface area contributed by atoms with Crippen molar-refractivity contribution in [3.05, 3.63) is 71.2 Å². The molecule has 1 aromatic heterocycles. The summed E-state index contributed by atoms with van der Waals surface area (Å²) in [5.74, 6) is 0.191. The van der Waals surface area contributed by atoms with Crippen molar-refractivity contribution < 1.29 is 36.3 Å². The predicted molar refractivity (Wildman–Crippen MR) is 151 cm³/mol. The van der Waals surface area contributed by atoms with Gasteiger partial charge >= 0.3 is 14.0 Å². The number of nitrogens with zero attached hydrogens (tertiary/aromatic N) is 1. The Labute approximate surface area is 236 Å². The molecule has 0 unspecified atom stereocenters. The highest BCUT2D eigenvalue weighted by molar-refractivity contribution is 7.62. The molecule has 0 amide bonds. The van der Waals surface area contributed by atoms with Gasteiger partial charge in [-0.05, 0) is 99.8 Å². The molecule has 40 heavy (non-hydrogen) atoms.